The third-order valence-corrected chi connectivity index (χ3v) is 3.20. The van der Waals surface area contributed by atoms with E-state index in [2.05, 4.69) is 25.5 Å². The van der Waals surface area contributed by atoms with Crippen molar-refractivity contribution in [2.24, 2.45) is 0 Å². The van der Waals surface area contributed by atoms with E-state index in [0.717, 1.165) is 12.7 Å². The minimum Gasteiger partial charge on any atom is -0.477 e. The fourth-order valence-electron chi connectivity index (χ4n) is 2.11. The molecule has 10 nitrogen and oxygen atoms in total. The highest BCUT2D eigenvalue weighted by atomic mass is 16.5. The van der Waals surface area contributed by atoms with Gasteiger partial charge in [-0.1, -0.05) is 0 Å². The van der Waals surface area contributed by atoms with Crippen LogP contribution in [0.2, 0.25) is 0 Å². The summed E-state index contributed by atoms with van der Waals surface area (Å²) in [5.41, 5.74) is -0.425. The summed E-state index contributed by atoms with van der Waals surface area (Å²) in [5, 5.41) is 19.5. The number of aromatic amines is 1. The van der Waals surface area contributed by atoms with Gasteiger partial charge in [0.2, 0.25) is 0 Å². The van der Waals surface area contributed by atoms with Gasteiger partial charge in [-0.15, -0.1) is 10.2 Å². The fourth-order valence-corrected chi connectivity index (χ4v) is 2.11. The van der Waals surface area contributed by atoms with Crippen molar-refractivity contribution in [2.45, 2.75) is 25.9 Å². The SMILES string of the molecule is COCCCn1cnnc1[C@H](C)NC(=O)c1nc[nH]c1C(=O)O. The first-order valence-electron chi connectivity index (χ1n) is 6.98. The molecular formula is C13H18N6O4. The van der Waals surface area contributed by atoms with Crippen molar-refractivity contribution in [3.05, 3.63) is 29.9 Å². The Balaban J connectivity index is 2.05. The lowest BCUT2D eigenvalue weighted by Gasteiger charge is -2.14. The summed E-state index contributed by atoms with van der Waals surface area (Å²) >= 11 is 0. The number of hydrogen-bond donors (Lipinski definition) is 3. The molecule has 0 saturated carbocycles. The van der Waals surface area contributed by atoms with Crippen LogP contribution in [0, 0.1) is 0 Å². The lowest BCUT2D eigenvalue weighted by Crippen LogP contribution is -2.30. The number of carbonyl (C=O) groups is 2. The van der Waals surface area contributed by atoms with Gasteiger partial charge in [-0.05, 0) is 13.3 Å². The lowest BCUT2D eigenvalue weighted by molar-refractivity contribution is 0.0684. The number of aryl methyl sites for hydroxylation is 1. The van der Waals surface area contributed by atoms with Crippen LogP contribution in [0.3, 0.4) is 0 Å². The van der Waals surface area contributed by atoms with Crippen molar-refractivity contribution in [1.82, 2.24) is 30.0 Å². The molecule has 0 aromatic carbocycles. The van der Waals surface area contributed by atoms with Crippen molar-refractivity contribution in [2.75, 3.05) is 13.7 Å². The number of carboxylic acid groups (broad SMARTS) is 1. The van der Waals surface area contributed by atoms with E-state index in [9.17, 15) is 9.59 Å². The molecule has 0 aliphatic heterocycles. The maximum Gasteiger partial charge on any atom is 0.354 e. The molecule has 2 aromatic heterocycles. The Labute approximate surface area is 131 Å². The molecule has 2 heterocycles. The van der Waals surface area contributed by atoms with Gasteiger partial charge in [-0.25, -0.2) is 9.78 Å². The molecule has 0 radical (unpaired) electrons. The number of imidazole rings is 1. The summed E-state index contributed by atoms with van der Waals surface area (Å²) in [5.74, 6) is -1.27. The number of methoxy groups -OCH3 is 1. The second-order valence-electron chi connectivity index (χ2n) is 4.86. The highest BCUT2D eigenvalue weighted by Crippen LogP contribution is 2.11. The molecule has 2 rings (SSSR count). The molecule has 0 aliphatic carbocycles. The predicted octanol–water partition coefficient (Wildman–Crippen LogP) is 0.227. The second-order valence-corrected chi connectivity index (χ2v) is 4.86. The van der Waals surface area contributed by atoms with Gasteiger partial charge in [0.1, 0.15) is 6.33 Å². The van der Waals surface area contributed by atoms with Gasteiger partial charge in [0, 0.05) is 20.3 Å². The maximum atomic E-state index is 12.2. The number of hydrogen-bond acceptors (Lipinski definition) is 6. The molecule has 0 saturated heterocycles. The van der Waals surface area contributed by atoms with E-state index in [0.29, 0.717) is 19.0 Å². The lowest BCUT2D eigenvalue weighted by atomic mass is 10.2. The second kappa shape index (κ2) is 7.49. The van der Waals surface area contributed by atoms with Crippen LogP contribution in [-0.2, 0) is 11.3 Å². The first-order valence-corrected chi connectivity index (χ1v) is 6.98. The fraction of sp³-hybridized carbons (Fsp3) is 0.462. The zero-order chi connectivity index (χ0) is 16.8. The Morgan fingerprint density at radius 1 is 1.52 bits per heavy atom. The van der Waals surface area contributed by atoms with Crippen LogP contribution in [0.5, 0.6) is 0 Å². The van der Waals surface area contributed by atoms with E-state index in [1.165, 1.54) is 0 Å². The van der Waals surface area contributed by atoms with Crippen LogP contribution in [0.4, 0.5) is 0 Å². The third-order valence-electron chi connectivity index (χ3n) is 3.20. The molecule has 10 heteroatoms. The number of ether oxygens (including phenoxy) is 1. The average molecular weight is 322 g/mol. The zero-order valence-corrected chi connectivity index (χ0v) is 12.8. The number of aromatic nitrogens is 5. The molecule has 3 N–H and O–H groups in total. The minimum absolute atomic E-state index is 0.171. The Bertz CT molecular complexity index is 680. The molecule has 0 unspecified atom stereocenters. The van der Waals surface area contributed by atoms with Crippen molar-refractivity contribution >= 4 is 11.9 Å². The highest BCUT2D eigenvalue weighted by Gasteiger charge is 2.23. The Hall–Kier alpha value is -2.75. The third kappa shape index (κ3) is 3.92. The summed E-state index contributed by atoms with van der Waals surface area (Å²) in [6.45, 7) is 2.99. The smallest absolute Gasteiger partial charge is 0.354 e. The van der Waals surface area contributed by atoms with Crippen molar-refractivity contribution in [3.8, 4) is 0 Å². The number of H-pyrrole nitrogens is 1. The van der Waals surface area contributed by atoms with Gasteiger partial charge in [-0.3, -0.25) is 4.79 Å². The van der Waals surface area contributed by atoms with E-state index in [-0.39, 0.29) is 11.4 Å². The molecule has 124 valence electrons. The summed E-state index contributed by atoms with van der Waals surface area (Å²) in [7, 11) is 1.62. The van der Waals surface area contributed by atoms with Crippen LogP contribution >= 0.6 is 0 Å². The predicted molar refractivity (Wildman–Crippen MR) is 77.9 cm³/mol. The first-order chi connectivity index (χ1) is 11.0. The number of aromatic carboxylic acids is 1. The first kappa shape index (κ1) is 16.6. The summed E-state index contributed by atoms with van der Waals surface area (Å²) in [6.07, 6.45) is 3.52. The van der Waals surface area contributed by atoms with Gasteiger partial charge in [0.05, 0.1) is 12.4 Å². The number of nitrogens with one attached hydrogen (secondary N) is 2. The molecule has 1 atom stereocenters. The molecule has 23 heavy (non-hydrogen) atoms. The molecule has 0 bridgehead atoms. The summed E-state index contributed by atoms with van der Waals surface area (Å²) in [6, 6.07) is -0.453. The molecular weight excluding hydrogens is 304 g/mol. The topological polar surface area (TPSA) is 135 Å². The Morgan fingerprint density at radius 3 is 3.00 bits per heavy atom. The summed E-state index contributed by atoms with van der Waals surface area (Å²) < 4.78 is 6.81. The molecule has 0 aliphatic rings. The molecule has 1 amide bonds. The number of nitrogens with zero attached hydrogens (tertiary/aromatic N) is 4. The molecule has 2 aromatic rings. The minimum atomic E-state index is -1.25. The number of carbonyl (C=O) groups excluding carboxylic acids is 1. The molecule has 0 spiro atoms. The Kier molecular flexibility index (Phi) is 5.41. The normalized spacial score (nSPS) is 12.1. The number of rotatable bonds is 8. The highest BCUT2D eigenvalue weighted by molar-refractivity contribution is 6.02. The van der Waals surface area contributed by atoms with Crippen molar-refractivity contribution in [3.63, 3.8) is 0 Å². The van der Waals surface area contributed by atoms with E-state index in [1.54, 1.807) is 20.4 Å². The van der Waals surface area contributed by atoms with Gasteiger partial charge in [0.15, 0.2) is 17.2 Å². The molecule has 0 fully saturated rings. The van der Waals surface area contributed by atoms with Crippen LogP contribution in [0.25, 0.3) is 0 Å². The standard InChI is InChI=1S/C13H18N6O4/c1-8(11-18-16-7-19(11)4-3-5-23-2)17-12(20)9-10(13(21)22)15-6-14-9/h6-8H,3-5H2,1-2H3,(H,14,15)(H,17,20)(H,21,22)/t8-/m0/s1. The quantitative estimate of drug-likeness (QED) is 0.592. The van der Waals surface area contributed by atoms with Crippen LogP contribution in [-0.4, -0.2) is 55.4 Å². The van der Waals surface area contributed by atoms with E-state index in [4.69, 9.17) is 9.84 Å². The van der Waals surface area contributed by atoms with Gasteiger partial charge in [-0.2, -0.15) is 0 Å². The van der Waals surface area contributed by atoms with E-state index in [1.807, 2.05) is 4.57 Å². The maximum absolute atomic E-state index is 12.2. The van der Waals surface area contributed by atoms with Crippen LogP contribution < -0.4 is 5.32 Å². The van der Waals surface area contributed by atoms with Gasteiger partial charge < -0.3 is 24.7 Å². The van der Waals surface area contributed by atoms with E-state index < -0.39 is 17.9 Å². The average Bonchev–Trinajstić information content (AvgIpc) is 3.16. The Morgan fingerprint density at radius 2 is 2.30 bits per heavy atom. The van der Waals surface area contributed by atoms with E-state index >= 15 is 0 Å². The van der Waals surface area contributed by atoms with Crippen LogP contribution in [0.15, 0.2) is 12.7 Å². The zero-order valence-electron chi connectivity index (χ0n) is 12.8. The van der Waals surface area contributed by atoms with Gasteiger partial charge in [0.25, 0.3) is 5.91 Å². The van der Waals surface area contributed by atoms with Crippen LogP contribution in [0.1, 0.15) is 46.2 Å². The number of amides is 1. The number of carboxylic acids is 1. The monoisotopic (exact) mass is 322 g/mol. The summed E-state index contributed by atoms with van der Waals surface area (Å²) in [4.78, 5) is 29.4. The van der Waals surface area contributed by atoms with Crippen molar-refractivity contribution < 1.29 is 19.4 Å². The van der Waals surface area contributed by atoms with Gasteiger partial charge >= 0.3 is 5.97 Å². The largest absolute Gasteiger partial charge is 0.477 e. The van der Waals surface area contributed by atoms with Crippen molar-refractivity contribution in [1.29, 1.82) is 0 Å².